The van der Waals surface area contributed by atoms with Gasteiger partial charge in [0.1, 0.15) is 11.9 Å². The van der Waals surface area contributed by atoms with Crippen molar-refractivity contribution < 1.29 is 18.3 Å². The van der Waals surface area contributed by atoms with Crippen molar-refractivity contribution in [2.45, 2.75) is 25.9 Å². The van der Waals surface area contributed by atoms with Crippen LogP contribution in [0.25, 0.3) is 0 Å². The molecule has 5 nitrogen and oxygen atoms in total. The number of aromatic nitrogens is 2. The van der Waals surface area contributed by atoms with Gasteiger partial charge < -0.3 is 10.1 Å². The summed E-state index contributed by atoms with van der Waals surface area (Å²) in [6.45, 7) is 1.57. The molecule has 1 amide bonds. The summed E-state index contributed by atoms with van der Waals surface area (Å²) in [5.41, 5.74) is -0.233. The van der Waals surface area contributed by atoms with Gasteiger partial charge in [0.25, 0.3) is 0 Å². The molecule has 7 heteroatoms. The summed E-state index contributed by atoms with van der Waals surface area (Å²) in [5.74, 6) is -1.96. The van der Waals surface area contributed by atoms with Crippen molar-refractivity contribution in [1.29, 1.82) is 0 Å². The van der Waals surface area contributed by atoms with Crippen LogP contribution in [-0.4, -0.2) is 22.8 Å². The van der Waals surface area contributed by atoms with Crippen molar-refractivity contribution in [3.63, 3.8) is 0 Å². The number of carbonyl (C=O) groups is 1. The number of rotatable bonds is 6. The lowest BCUT2D eigenvalue weighted by Gasteiger charge is -2.16. The number of methoxy groups -OCH3 is 1. The minimum atomic E-state index is -0.810. The number of carbonyl (C=O) groups excluding carboxylic acids is 1. The van der Waals surface area contributed by atoms with Crippen molar-refractivity contribution in [3.05, 3.63) is 47.8 Å². The summed E-state index contributed by atoms with van der Waals surface area (Å²) in [5, 5.41) is 6.55. The van der Waals surface area contributed by atoms with Crippen LogP contribution in [0, 0.1) is 11.6 Å². The van der Waals surface area contributed by atoms with E-state index in [1.807, 2.05) is 6.92 Å². The average molecular weight is 309 g/mol. The molecule has 0 bridgehead atoms. The molecule has 0 saturated heterocycles. The molecule has 2 rings (SSSR count). The summed E-state index contributed by atoms with van der Waals surface area (Å²) < 4.78 is 34.0. The zero-order chi connectivity index (χ0) is 16.1. The topological polar surface area (TPSA) is 56.1 Å². The molecule has 0 fully saturated rings. The third kappa shape index (κ3) is 3.24. The third-order valence-electron chi connectivity index (χ3n) is 3.34. The van der Waals surface area contributed by atoms with E-state index in [1.165, 1.54) is 17.9 Å². The fourth-order valence-corrected chi connectivity index (χ4v) is 2.15. The molecule has 0 saturated carbocycles. The number of ether oxygens (including phenoxy) is 1. The Balaban J connectivity index is 2.11. The smallest absolute Gasteiger partial charge is 0.245 e. The Bertz CT molecular complexity index is 644. The highest BCUT2D eigenvalue weighted by Gasteiger charge is 2.20. The van der Waals surface area contributed by atoms with E-state index in [1.54, 1.807) is 18.5 Å². The molecule has 1 heterocycles. The Morgan fingerprint density at radius 3 is 2.82 bits per heavy atom. The second-order valence-electron chi connectivity index (χ2n) is 4.67. The van der Waals surface area contributed by atoms with E-state index in [9.17, 15) is 13.6 Å². The minimum absolute atomic E-state index is 0.0650. The minimum Gasteiger partial charge on any atom is -0.494 e. The lowest BCUT2D eigenvalue weighted by molar-refractivity contribution is -0.124. The fraction of sp³-hybridized carbons (Fsp3) is 0.333. The number of nitrogens with zero attached hydrogens (tertiary/aromatic N) is 2. The molecule has 0 radical (unpaired) electrons. The summed E-state index contributed by atoms with van der Waals surface area (Å²) in [6, 6.07) is 3.49. The summed E-state index contributed by atoms with van der Waals surface area (Å²) in [6.07, 6.45) is 3.74. The predicted molar refractivity (Wildman–Crippen MR) is 76.3 cm³/mol. The van der Waals surface area contributed by atoms with Gasteiger partial charge in [-0.1, -0.05) is 6.92 Å². The molecule has 0 aliphatic heterocycles. The number of halogens is 2. The van der Waals surface area contributed by atoms with Crippen LogP contribution < -0.4 is 10.1 Å². The maximum absolute atomic E-state index is 14.0. The second-order valence-corrected chi connectivity index (χ2v) is 4.67. The lowest BCUT2D eigenvalue weighted by Crippen LogP contribution is -2.32. The number of amides is 1. The van der Waals surface area contributed by atoms with Crippen molar-refractivity contribution in [1.82, 2.24) is 15.1 Å². The zero-order valence-electron chi connectivity index (χ0n) is 12.3. The summed E-state index contributed by atoms with van der Waals surface area (Å²) in [4.78, 5) is 12.2. The van der Waals surface area contributed by atoms with Crippen LogP contribution in [0.5, 0.6) is 5.75 Å². The highest BCUT2D eigenvalue weighted by Crippen LogP contribution is 2.23. The largest absolute Gasteiger partial charge is 0.494 e. The van der Waals surface area contributed by atoms with E-state index in [2.05, 4.69) is 10.4 Å². The van der Waals surface area contributed by atoms with Gasteiger partial charge in [0.15, 0.2) is 11.6 Å². The molecule has 118 valence electrons. The molecule has 1 aromatic carbocycles. The van der Waals surface area contributed by atoms with Gasteiger partial charge in [-0.05, 0) is 24.6 Å². The normalized spacial score (nSPS) is 12.0. The molecule has 0 aliphatic rings. The molecule has 0 aliphatic carbocycles. The van der Waals surface area contributed by atoms with Crippen LogP contribution in [0.1, 0.15) is 24.9 Å². The van der Waals surface area contributed by atoms with E-state index in [4.69, 9.17) is 4.74 Å². The average Bonchev–Trinajstić information content (AvgIpc) is 3.02. The van der Waals surface area contributed by atoms with Gasteiger partial charge in [-0.25, -0.2) is 8.78 Å². The van der Waals surface area contributed by atoms with Crippen LogP contribution in [-0.2, 0) is 11.3 Å². The number of benzene rings is 1. The third-order valence-corrected chi connectivity index (χ3v) is 3.34. The SMILES string of the molecule is CC[C@@H](C(=O)NCc1c(F)ccc(OC)c1F)n1cccn1. The molecule has 0 unspecified atom stereocenters. The van der Waals surface area contributed by atoms with Crippen LogP contribution in [0.4, 0.5) is 8.78 Å². The van der Waals surface area contributed by atoms with E-state index in [-0.39, 0.29) is 23.8 Å². The standard InChI is InChI=1S/C15H17F2N3O2/c1-3-12(20-8-4-7-19-20)15(21)18-9-10-11(16)5-6-13(22-2)14(10)17/h4-8,12H,3,9H2,1-2H3,(H,18,21)/t12-/m0/s1. The van der Waals surface area contributed by atoms with Crippen molar-refractivity contribution in [2.75, 3.05) is 7.11 Å². The highest BCUT2D eigenvalue weighted by atomic mass is 19.1. The Kier molecular flexibility index (Phi) is 5.08. The maximum Gasteiger partial charge on any atom is 0.245 e. The first-order valence-corrected chi connectivity index (χ1v) is 6.86. The van der Waals surface area contributed by atoms with Gasteiger partial charge in [-0.15, -0.1) is 0 Å². The predicted octanol–water partition coefficient (Wildman–Crippen LogP) is 2.44. The monoisotopic (exact) mass is 309 g/mol. The van der Waals surface area contributed by atoms with Crippen molar-refractivity contribution in [3.8, 4) is 5.75 Å². The maximum atomic E-state index is 14.0. The molecule has 2 aromatic rings. The van der Waals surface area contributed by atoms with Gasteiger partial charge in [-0.3, -0.25) is 9.48 Å². The second kappa shape index (κ2) is 7.02. The van der Waals surface area contributed by atoms with E-state index >= 15 is 0 Å². The Labute approximate surface area is 126 Å². The first-order chi connectivity index (χ1) is 10.6. The first kappa shape index (κ1) is 15.9. The zero-order valence-corrected chi connectivity index (χ0v) is 12.3. The Morgan fingerprint density at radius 1 is 1.45 bits per heavy atom. The van der Waals surface area contributed by atoms with E-state index in [0.29, 0.717) is 6.42 Å². The van der Waals surface area contributed by atoms with Crippen molar-refractivity contribution >= 4 is 5.91 Å². The van der Waals surface area contributed by atoms with E-state index < -0.39 is 17.7 Å². The van der Waals surface area contributed by atoms with Gasteiger partial charge >= 0.3 is 0 Å². The van der Waals surface area contributed by atoms with Crippen LogP contribution >= 0.6 is 0 Å². The Morgan fingerprint density at radius 2 is 2.23 bits per heavy atom. The molecule has 1 N–H and O–H groups in total. The molecule has 22 heavy (non-hydrogen) atoms. The quantitative estimate of drug-likeness (QED) is 0.891. The molecular weight excluding hydrogens is 292 g/mol. The lowest BCUT2D eigenvalue weighted by atomic mass is 10.1. The van der Waals surface area contributed by atoms with Crippen LogP contribution in [0.15, 0.2) is 30.6 Å². The fourth-order valence-electron chi connectivity index (χ4n) is 2.15. The highest BCUT2D eigenvalue weighted by molar-refractivity contribution is 5.80. The van der Waals surface area contributed by atoms with E-state index in [0.717, 1.165) is 6.07 Å². The van der Waals surface area contributed by atoms with Crippen LogP contribution in [0.3, 0.4) is 0 Å². The first-order valence-electron chi connectivity index (χ1n) is 6.86. The molecular formula is C15H17F2N3O2. The van der Waals surface area contributed by atoms with Gasteiger partial charge in [0, 0.05) is 24.5 Å². The van der Waals surface area contributed by atoms with Crippen molar-refractivity contribution in [2.24, 2.45) is 0 Å². The number of hydrogen-bond donors (Lipinski definition) is 1. The van der Waals surface area contributed by atoms with Gasteiger partial charge in [-0.2, -0.15) is 5.10 Å². The number of nitrogens with one attached hydrogen (secondary N) is 1. The molecule has 1 atom stereocenters. The summed E-state index contributed by atoms with van der Waals surface area (Å²) in [7, 11) is 1.30. The number of hydrogen-bond acceptors (Lipinski definition) is 3. The molecule has 0 spiro atoms. The Hall–Kier alpha value is -2.44. The van der Waals surface area contributed by atoms with Gasteiger partial charge in [0.2, 0.25) is 5.91 Å². The summed E-state index contributed by atoms with van der Waals surface area (Å²) >= 11 is 0. The van der Waals surface area contributed by atoms with Crippen LogP contribution in [0.2, 0.25) is 0 Å². The molecule has 1 aromatic heterocycles. The van der Waals surface area contributed by atoms with Gasteiger partial charge in [0.05, 0.1) is 7.11 Å².